The first-order chi connectivity index (χ1) is 14.7. The Bertz CT molecular complexity index is 1510. The summed E-state index contributed by atoms with van der Waals surface area (Å²) in [6.45, 7) is 0. The minimum atomic E-state index is -3.20. The van der Waals surface area contributed by atoms with Crippen molar-refractivity contribution in [1.82, 2.24) is 0 Å². The molecule has 0 aromatic heterocycles. The fraction of sp³-hybridized carbons (Fsp3) is 0. The molecule has 4 heteroatoms. The van der Waals surface area contributed by atoms with Crippen LogP contribution in [0.5, 0.6) is 11.5 Å². The molecule has 0 saturated carbocycles. The summed E-state index contributed by atoms with van der Waals surface area (Å²) >= 11 is 6.29. The number of halogens is 1. The normalized spacial score (nSPS) is 17.4. The second kappa shape index (κ2) is 6.47. The lowest BCUT2D eigenvalue weighted by atomic mass is 10.0. The van der Waals surface area contributed by atoms with Crippen molar-refractivity contribution in [2.45, 2.75) is 0 Å². The van der Waals surface area contributed by atoms with Gasteiger partial charge in [0.05, 0.1) is 10.6 Å². The highest BCUT2D eigenvalue weighted by molar-refractivity contribution is 7.86. The van der Waals surface area contributed by atoms with Crippen molar-refractivity contribution in [3.8, 4) is 11.5 Å². The predicted molar refractivity (Wildman–Crippen MR) is 126 cm³/mol. The molecule has 30 heavy (non-hydrogen) atoms. The Labute approximate surface area is 179 Å². The summed E-state index contributed by atoms with van der Waals surface area (Å²) in [6, 6.07) is 31.4. The van der Waals surface area contributed by atoms with Crippen LogP contribution < -0.4 is 20.7 Å². The fourth-order valence-electron chi connectivity index (χ4n) is 4.47. The fourth-order valence-corrected chi connectivity index (χ4v) is 7.70. The lowest BCUT2D eigenvalue weighted by Gasteiger charge is -2.31. The number of fused-ring (bicyclic) bond motifs is 7. The maximum absolute atomic E-state index is 15.1. The van der Waals surface area contributed by atoms with Gasteiger partial charge in [0.25, 0.3) is 0 Å². The summed E-state index contributed by atoms with van der Waals surface area (Å²) in [6.07, 6.45) is 0. The lowest BCUT2D eigenvalue weighted by molar-refractivity contribution is 0.491. The van der Waals surface area contributed by atoms with Gasteiger partial charge in [0, 0.05) is 21.8 Å². The molecule has 0 N–H and O–H groups in total. The highest BCUT2D eigenvalue weighted by Crippen LogP contribution is 2.55. The Morgan fingerprint density at radius 2 is 1.27 bits per heavy atom. The van der Waals surface area contributed by atoms with Crippen molar-refractivity contribution < 1.29 is 9.30 Å². The van der Waals surface area contributed by atoms with Gasteiger partial charge in [-0.15, -0.1) is 0 Å². The lowest BCUT2D eigenvalue weighted by Crippen LogP contribution is -2.31. The molecule has 0 radical (unpaired) electrons. The molecule has 1 aliphatic heterocycles. The molecule has 0 amide bonds. The smallest absolute Gasteiger partial charge is 0.179 e. The van der Waals surface area contributed by atoms with E-state index >= 15 is 4.57 Å². The first kappa shape index (κ1) is 17.8. The third-order valence-corrected chi connectivity index (χ3v) is 9.15. The second-order valence-electron chi connectivity index (χ2n) is 7.43. The molecule has 0 bridgehead atoms. The van der Waals surface area contributed by atoms with Gasteiger partial charge in [0.2, 0.25) is 0 Å². The van der Waals surface area contributed by atoms with Gasteiger partial charge in [-0.05, 0) is 28.3 Å². The highest BCUT2D eigenvalue weighted by atomic mass is 35.5. The van der Waals surface area contributed by atoms with Crippen LogP contribution in [-0.2, 0) is 4.57 Å². The van der Waals surface area contributed by atoms with Gasteiger partial charge in [0.15, 0.2) is 7.14 Å². The quantitative estimate of drug-likeness (QED) is 0.225. The van der Waals surface area contributed by atoms with Crippen LogP contribution in [0.4, 0.5) is 0 Å². The van der Waals surface area contributed by atoms with Crippen molar-refractivity contribution in [3.05, 3.63) is 102 Å². The van der Waals surface area contributed by atoms with Crippen LogP contribution in [0.15, 0.2) is 97.1 Å². The molecule has 0 aliphatic carbocycles. The minimum Gasteiger partial charge on any atom is -0.455 e. The zero-order valence-electron chi connectivity index (χ0n) is 15.9. The molecule has 5 aromatic rings. The van der Waals surface area contributed by atoms with E-state index in [0.717, 1.165) is 32.2 Å². The van der Waals surface area contributed by atoms with Crippen molar-refractivity contribution in [2.24, 2.45) is 0 Å². The van der Waals surface area contributed by atoms with Crippen LogP contribution in [0.25, 0.3) is 21.5 Å². The van der Waals surface area contributed by atoms with E-state index in [1.165, 1.54) is 0 Å². The summed E-state index contributed by atoms with van der Waals surface area (Å²) < 4.78 is 21.6. The molecule has 0 spiro atoms. The average molecular weight is 427 g/mol. The number of ether oxygens (including phenoxy) is 1. The first-order valence-corrected chi connectivity index (χ1v) is 11.8. The largest absolute Gasteiger partial charge is 0.455 e. The van der Waals surface area contributed by atoms with E-state index < -0.39 is 7.14 Å². The molecule has 1 aliphatic rings. The van der Waals surface area contributed by atoms with Gasteiger partial charge in [-0.25, -0.2) is 0 Å². The zero-order chi connectivity index (χ0) is 20.3. The van der Waals surface area contributed by atoms with Gasteiger partial charge < -0.3 is 9.30 Å². The van der Waals surface area contributed by atoms with E-state index in [1.54, 1.807) is 12.1 Å². The van der Waals surface area contributed by atoms with Crippen molar-refractivity contribution in [3.63, 3.8) is 0 Å². The third-order valence-electron chi connectivity index (χ3n) is 5.77. The monoisotopic (exact) mass is 426 g/mol. The standard InChI is InChI=1S/C26H16ClO2P/c27-17-14-15-24-23(16-17)29-25-21-12-6-4-10-19(21)20-11-5-7-13-22(20)26(25)30(24,28)18-8-2-1-3-9-18/h1-16H. The van der Waals surface area contributed by atoms with E-state index in [2.05, 4.69) is 12.1 Å². The summed E-state index contributed by atoms with van der Waals surface area (Å²) in [5, 5.41) is 6.86. The molecule has 2 nitrogen and oxygen atoms in total. The van der Waals surface area contributed by atoms with Crippen LogP contribution >= 0.6 is 18.7 Å². The summed E-state index contributed by atoms with van der Waals surface area (Å²) in [5.41, 5.74) is 0. The highest BCUT2D eigenvalue weighted by Gasteiger charge is 2.41. The first-order valence-electron chi connectivity index (χ1n) is 9.75. The number of rotatable bonds is 1. The molecule has 6 rings (SSSR count). The van der Waals surface area contributed by atoms with Gasteiger partial charge in [-0.3, -0.25) is 0 Å². The van der Waals surface area contributed by atoms with Crippen LogP contribution in [-0.4, -0.2) is 0 Å². The maximum Gasteiger partial charge on any atom is 0.179 e. The second-order valence-corrected chi connectivity index (χ2v) is 10.5. The number of benzene rings is 5. The van der Waals surface area contributed by atoms with E-state index in [4.69, 9.17) is 16.3 Å². The Kier molecular flexibility index (Phi) is 3.83. The molecule has 0 saturated heterocycles. The SMILES string of the molecule is O=P1(c2ccccc2)c2ccc(Cl)cc2Oc2c1c1ccccc1c1ccccc21. The Balaban J connectivity index is 1.87. The Hall–Kier alpha value is -3.06. The molecule has 1 heterocycles. The third kappa shape index (κ3) is 2.35. The van der Waals surface area contributed by atoms with Crippen molar-refractivity contribution in [2.75, 3.05) is 0 Å². The Morgan fingerprint density at radius 1 is 0.667 bits per heavy atom. The van der Waals surface area contributed by atoms with Crippen LogP contribution in [0, 0.1) is 0 Å². The Morgan fingerprint density at radius 3 is 2.00 bits per heavy atom. The van der Waals surface area contributed by atoms with E-state index in [0.29, 0.717) is 21.8 Å². The summed E-state index contributed by atoms with van der Waals surface area (Å²) in [5.74, 6) is 1.22. The van der Waals surface area contributed by atoms with Crippen LogP contribution in [0.2, 0.25) is 5.02 Å². The average Bonchev–Trinajstić information content (AvgIpc) is 2.79. The molecule has 0 fully saturated rings. The van der Waals surface area contributed by atoms with Crippen molar-refractivity contribution in [1.29, 1.82) is 0 Å². The van der Waals surface area contributed by atoms with E-state index in [-0.39, 0.29) is 0 Å². The number of hydrogen-bond donors (Lipinski definition) is 0. The van der Waals surface area contributed by atoms with Crippen LogP contribution in [0.1, 0.15) is 0 Å². The van der Waals surface area contributed by atoms with Gasteiger partial charge >= 0.3 is 0 Å². The van der Waals surface area contributed by atoms with E-state index in [9.17, 15) is 0 Å². The van der Waals surface area contributed by atoms with Gasteiger partial charge in [-0.1, -0.05) is 90.5 Å². The van der Waals surface area contributed by atoms with Crippen molar-refractivity contribution >= 4 is 56.2 Å². The maximum atomic E-state index is 15.1. The summed E-state index contributed by atoms with van der Waals surface area (Å²) in [4.78, 5) is 0. The summed E-state index contributed by atoms with van der Waals surface area (Å²) in [7, 11) is -3.20. The topological polar surface area (TPSA) is 26.3 Å². The number of hydrogen-bond acceptors (Lipinski definition) is 2. The van der Waals surface area contributed by atoms with E-state index in [1.807, 2.05) is 72.8 Å². The van der Waals surface area contributed by atoms with Gasteiger partial charge in [0.1, 0.15) is 11.5 Å². The molecule has 1 unspecified atom stereocenters. The van der Waals surface area contributed by atoms with Crippen LogP contribution in [0.3, 0.4) is 0 Å². The predicted octanol–water partition coefficient (Wildman–Crippen LogP) is 6.39. The molecular weight excluding hydrogens is 411 g/mol. The minimum absolute atomic E-state index is 0.557. The molecular formula is C26H16ClO2P. The zero-order valence-corrected chi connectivity index (χ0v) is 17.5. The molecule has 5 aromatic carbocycles. The molecule has 144 valence electrons. The molecule has 1 atom stereocenters. The van der Waals surface area contributed by atoms with Gasteiger partial charge in [-0.2, -0.15) is 0 Å².